The van der Waals surface area contributed by atoms with E-state index in [0.29, 0.717) is 24.0 Å². The topological polar surface area (TPSA) is 90.0 Å². The van der Waals surface area contributed by atoms with Crippen molar-refractivity contribution < 1.29 is 28.7 Å². The molecule has 7 heteroatoms. The van der Waals surface area contributed by atoms with E-state index in [1.165, 1.54) is 7.11 Å². The summed E-state index contributed by atoms with van der Waals surface area (Å²) in [5.41, 5.74) is 1.08. The summed E-state index contributed by atoms with van der Waals surface area (Å²) < 4.78 is 9.76. The van der Waals surface area contributed by atoms with Crippen molar-refractivity contribution in [2.24, 2.45) is 11.8 Å². The minimum Gasteiger partial charge on any atom is -0.465 e. The highest BCUT2D eigenvalue weighted by atomic mass is 16.5. The monoisotopic (exact) mass is 357 g/mol. The minimum atomic E-state index is -0.643. The third-order valence-corrected chi connectivity index (χ3v) is 4.66. The molecular weight excluding hydrogens is 338 g/mol. The lowest BCUT2D eigenvalue weighted by Crippen LogP contribution is -2.36. The molecule has 0 unspecified atom stereocenters. The summed E-state index contributed by atoms with van der Waals surface area (Å²) in [7, 11) is 1.30. The van der Waals surface area contributed by atoms with Crippen LogP contribution in [-0.2, 0) is 30.5 Å². The SMILES string of the molecule is COC(=O)c1ccc(COC(=O)CN2C(=O)[C@@H]3CC=CC[C@H]3C2=O)cc1. The van der Waals surface area contributed by atoms with E-state index in [1.807, 2.05) is 12.2 Å². The minimum absolute atomic E-state index is 0.00901. The van der Waals surface area contributed by atoms with Gasteiger partial charge in [0.15, 0.2) is 0 Å². The van der Waals surface area contributed by atoms with Gasteiger partial charge in [-0.25, -0.2) is 4.79 Å². The normalized spacial score (nSPS) is 21.5. The standard InChI is InChI=1S/C19H19NO6/c1-25-19(24)13-8-6-12(7-9-13)11-26-16(21)10-20-17(22)14-4-2-3-5-15(14)18(20)23/h2-3,6-9,14-15H,4-5,10-11H2,1H3/t14-,15-/m1/s1. The number of likely N-dealkylation sites (tertiary alicyclic amines) is 1. The second kappa shape index (κ2) is 7.51. The molecule has 1 aromatic rings. The quantitative estimate of drug-likeness (QED) is 0.450. The van der Waals surface area contributed by atoms with Gasteiger partial charge in [-0.2, -0.15) is 0 Å². The number of nitrogens with zero attached hydrogens (tertiary/aromatic N) is 1. The molecule has 0 saturated carbocycles. The molecule has 0 radical (unpaired) electrons. The molecule has 0 spiro atoms. The average molecular weight is 357 g/mol. The van der Waals surface area contributed by atoms with Gasteiger partial charge in [0.05, 0.1) is 24.5 Å². The molecule has 1 fully saturated rings. The number of fused-ring (bicyclic) bond motifs is 1. The Bertz CT molecular complexity index is 741. The summed E-state index contributed by atoms with van der Waals surface area (Å²) in [6.07, 6.45) is 4.86. The van der Waals surface area contributed by atoms with Gasteiger partial charge < -0.3 is 9.47 Å². The second-order valence-electron chi connectivity index (χ2n) is 6.27. The maximum Gasteiger partial charge on any atom is 0.337 e. The Hall–Kier alpha value is -2.96. The maximum absolute atomic E-state index is 12.3. The number of allylic oxidation sites excluding steroid dienone is 2. The number of carbonyl (C=O) groups excluding carboxylic acids is 4. The fraction of sp³-hybridized carbons (Fsp3) is 0.368. The number of amides is 2. The first-order valence-electron chi connectivity index (χ1n) is 8.34. The Balaban J connectivity index is 1.54. The summed E-state index contributed by atoms with van der Waals surface area (Å²) in [5.74, 6) is -2.41. The number of carbonyl (C=O) groups is 4. The average Bonchev–Trinajstić information content (AvgIpc) is 2.91. The Kier molecular flexibility index (Phi) is 5.16. The molecule has 1 saturated heterocycles. The van der Waals surface area contributed by atoms with E-state index in [1.54, 1.807) is 24.3 Å². The Morgan fingerprint density at radius 2 is 1.62 bits per heavy atom. The molecule has 26 heavy (non-hydrogen) atoms. The fourth-order valence-electron chi connectivity index (χ4n) is 3.22. The maximum atomic E-state index is 12.3. The van der Waals surface area contributed by atoms with Crippen molar-refractivity contribution in [3.8, 4) is 0 Å². The Labute approximate surface area is 150 Å². The third kappa shape index (κ3) is 3.51. The lowest BCUT2D eigenvalue weighted by atomic mass is 9.85. The zero-order valence-electron chi connectivity index (χ0n) is 14.3. The zero-order chi connectivity index (χ0) is 18.7. The van der Waals surface area contributed by atoms with Gasteiger partial charge in [-0.1, -0.05) is 24.3 Å². The van der Waals surface area contributed by atoms with Gasteiger partial charge in [0.1, 0.15) is 13.2 Å². The van der Waals surface area contributed by atoms with Crippen LogP contribution in [0.25, 0.3) is 0 Å². The van der Waals surface area contributed by atoms with Crippen molar-refractivity contribution in [2.75, 3.05) is 13.7 Å². The zero-order valence-corrected chi connectivity index (χ0v) is 14.3. The number of hydrogen-bond acceptors (Lipinski definition) is 6. The molecule has 2 atom stereocenters. The molecule has 3 rings (SSSR count). The van der Waals surface area contributed by atoms with Crippen molar-refractivity contribution >= 4 is 23.8 Å². The predicted molar refractivity (Wildman–Crippen MR) is 89.7 cm³/mol. The molecule has 1 aromatic carbocycles. The van der Waals surface area contributed by atoms with Crippen molar-refractivity contribution in [3.63, 3.8) is 0 Å². The molecule has 2 amide bonds. The van der Waals surface area contributed by atoms with Crippen LogP contribution in [0.2, 0.25) is 0 Å². The fourth-order valence-corrected chi connectivity index (χ4v) is 3.22. The second-order valence-corrected chi connectivity index (χ2v) is 6.27. The number of methoxy groups -OCH3 is 1. The molecule has 7 nitrogen and oxygen atoms in total. The van der Waals surface area contributed by atoms with Crippen LogP contribution in [0.5, 0.6) is 0 Å². The van der Waals surface area contributed by atoms with Gasteiger partial charge in [-0.3, -0.25) is 19.3 Å². The summed E-state index contributed by atoms with van der Waals surface area (Å²) in [6.45, 7) is -0.379. The molecule has 0 N–H and O–H groups in total. The van der Waals surface area contributed by atoms with Crippen molar-refractivity contribution in [1.82, 2.24) is 4.90 Å². The lowest BCUT2D eigenvalue weighted by molar-refractivity contribution is -0.153. The van der Waals surface area contributed by atoms with E-state index in [-0.39, 0.29) is 36.8 Å². The summed E-state index contributed by atoms with van der Waals surface area (Å²) >= 11 is 0. The molecule has 1 aliphatic heterocycles. The van der Waals surface area contributed by atoms with Crippen LogP contribution >= 0.6 is 0 Å². The van der Waals surface area contributed by atoms with Crippen LogP contribution in [0.15, 0.2) is 36.4 Å². The van der Waals surface area contributed by atoms with Gasteiger partial charge in [0, 0.05) is 0 Å². The Morgan fingerprint density at radius 1 is 1.04 bits per heavy atom. The first-order valence-corrected chi connectivity index (χ1v) is 8.34. The smallest absolute Gasteiger partial charge is 0.337 e. The number of imide groups is 1. The highest BCUT2D eigenvalue weighted by Crippen LogP contribution is 2.34. The third-order valence-electron chi connectivity index (χ3n) is 4.66. The lowest BCUT2D eigenvalue weighted by Gasteiger charge is -2.14. The van der Waals surface area contributed by atoms with Crippen molar-refractivity contribution in [3.05, 3.63) is 47.5 Å². The van der Waals surface area contributed by atoms with E-state index >= 15 is 0 Å². The van der Waals surface area contributed by atoms with Crippen molar-refractivity contribution in [1.29, 1.82) is 0 Å². The molecule has 1 heterocycles. The van der Waals surface area contributed by atoms with Crippen LogP contribution in [0, 0.1) is 11.8 Å². The molecule has 0 bridgehead atoms. The van der Waals surface area contributed by atoms with Crippen LogP contribution in [-0.4, -0.2) is 42.3 Å². The van der Waals surface area contributed by atoms with Crippen LogP contribution < -0.4 is 0 Å². The first kappa shape index (κ1) is 17.8. The van der Waals surface area contributed by atoms with Crippen LogP contribution in [0.4, 0.5) is 0 Å². The van der Waals surface area contributed by atoms with Gasteiger partial charge in [-0.05, 0) is 30.5 Å². The van der Waals surface area contributed by atoms with E-state index in [9.17, 15) is 19.2 Å². The van der Waals surface area contributed by atoms with Gasteiger partial charge in [0.25, 0.3) is 0 Å². The number of rotatable bonds is 5. The number of ether oxygens (including phenoxy) is 2. The Morgan fingerprint density at radius 3 is 2.15 bits per heavy atom. The molecule has 136 valence electrons. The predicted octanol–water partition coefficient (Wildman–Crippen LogP) is 1.47. The number of esters is 2. The molecule has 1 aliphatic carbocycles. The van der Waals surface area contributed by atoms with Gasteiger partial charge in [0.2, 0.25) is 11.8 Å². The number of hydrogen-bond donors (Lipinski definition) is 0. The highest BCUT2D eigenvalue weighted by molar-refractivity contribution is 6.07. The highest BCUT2D eigenvalue weighted by Gasteiger charge is 2.47. The largest absolute Gasteiger partial charge is 0.465 e. The van der Waals surface area contributed by atoms with Crippen molar-refractivity contribution in [2.45, 2.75) is 19.4 Å². The van der Waals surface area contributed by atoms with E-state index in [0.717, 1.165) is 4.90 Å². The summed E-state index contributed by atoms with van der Waals surface area (Å²) in [6, 6.07) is 6.43. The van der Waals surface area contributed by atoms with Gasteiger partial charge >= 0.3 is 11.9 Å². The summed E-state index contributed by atoms with van der Waals surface area (Å²) in [5, 5.41) is 0. The first-order chi connectivity index (χ1) is 12.5. The van der Waals surface area contributed by atoms with Crippen LogP contribution in [0.3, 0.4) is 0 Å². The molecule has 2 aliphatic rings. The molecular formula is C19H19NO6. The molecule has 0 aromatic heterocycles. The van der Waals surface area contributed by atoms with Crippen LogP contribution in [0.1, 0.15) is 28.8 Å². The van der Waals surface area contributed by atoms with Gasteiger partial charge in [-0.15, -0.1) is 0 Å². The summed E-state index contributed by atoms with van der Waals surface area (Å²) in [4.78, 5) is 49.0. The van der Waals surface area contributed by atoms with E-state index < -0.39 is 11.9 Å². The van der Waals surface area contributed by atoms with E-state index in [2.05, 4.69) is 4.74 Å². The van der Waals surface area contributed by atoms with E-state index in [4.69, 9.17) is 4.74 Å². The number of benzene rings is 1.